The van der Waals surface area contributed by atoms with E-state index in [1.54, 1.807) is 6.07 Å². The van der Waals surface area contributed by atoms with Crippen LogP contribution in [-0.2, 0) is 4.79 Å². The summed E-state index contributed by atoms with van der Waals surface area (Å²) in [6.07, 6.45) is 1.76. The number of nitrogens with one attached hydrogen (secondary N) is 1. The van der Waals surface area contributed by atoms with Crippen LogP contribution in [0.5, 0.6) is 5.75 Å². The van der Waals surface area contributed by atoms with Gasteiger partial charge in [0.05, 0.1) is 5.02 Å². The zero-order valence-electron chi connectivity index (χ0n) is 7.46. The van der Waals surface area contributed by atoms with Gasteiger partial charge in [-0.2, -0.15) is 0 Å². The van der Waals surface area contributed by atoms with Gasteiger partial charge in [0, 0.05) is 12.1 Å². The Morgan fingerprint density at radius 2 is 2.36 bits per heavy atom. The van der Waals surface area contributed by atoms with Gasteiger partial charge < -0.3 is 10.4 Å². The van der Waals surface area contributed by atoms with E-state index in [9.17, 15) is 4.79 Å². The fraction of sp³-hybridized carbons (Fsp3) is 0.100. The van der Waals surface area contributed by atoms with Gasteiger partial charge in [-0.05, 0) is 18.2 Å². The van der Waals surface area contributed by atoms with Crippen molar-refractivity contribution in [2.24, 2.45) is 0 Å². The van der Waals surface area contributed by atoms with Crippen molar-refractivity contribution in [2.75, 3.05) is 5.32 Å². The van der Waals surface area contributed by atoms with E-state index >= 15 is 0 Å². The van der Waals surface area contributed by atoms with E-state index in [0.29, 0.717) is 5.69 Å². The SMILES string of the molecule is C=CCC(=O)Nc1ccc(O)c(Cl)c1. The first kappa shape index (κ1) is 10.6. The summed E-state index contributed by atoms with van der Waals surface area (Å²) in [5, 5.41) is 11.9. The molecule has 0 fully saturated rings. The molecule has 0 radical (unpaired) electrons. The van der Waals surface area contributed by atoms with E-state index in [1.165, 1.54) is 18.2 Å². The molecule has 0 aliphatic rings. The number of anilines is 1. The van der Waals surface area contributed by atoms with Gasteiger partial charge in [-0.1, -0.05) is 17.7 Å². The fourth-order valence-corrected chi connectivity index (χ4v) is 1.11. The van der Waals surface area contributed by atoms with Crippen LogP contribution in [0.25, 0.3) is 0 Å². The minimum absolute atomic E-state index is 0.00612. The molecule has 1 amide bonds. The Balaban J connectivity index is 2.72. The molecule has 0 heterocycles. The first-order chi connectivity index (χ1) is 6.63. The average molecular weight is 212 g/mol. The maximum Gasteiger partial charge on any atom is 0.228 e. The van der Waals surface area contributed by atoms with E-state index in [0.717, 1.165) is 0 Å². The van der Waals surface area contributed by atoms with Gasteiger partial charge in [-0.3, -0.25) is 4.79 Å². The highest BCUT2D eigenvalue weighted by Gasteiger charge is 2.02. The topological polar surface area (TPSA) is 49.3 Å². The lowest BCUT2D eigenvalue weighted by molar-refractivity contribution is -0.115. The van der Waals surface area contributed by atoms with E-state index in [2.05, 4.69) is 11.9 Å². The number of carbonyl (C=O) groups is 1. The van der Waals surface area contributed by atoms with Crippen LogP contribution in [-0.4, -0.2) is 11.0 Å². The lowest BCUT2D eigenvalue weighted by Crippen LogP contribution is -2.09. The average Bonchev–Trinajstić information content (AvgIpc) is 2.12. The second kappa shape index (κ2) is 4.67. The summed E-state index contributed by atoms with van der Waals surface area (Å²) in [6.45, 7) is 3.45. The van der Waals surface area contributed by atoms with Crippen LogP contribution in [0, 0.1) is 0 Å². The number of aromatic hydroxyl groups is 1. The smallest absolute Gasteiger partial charge is 0.228 e. The normalized spacial score (nSPS) is 9.50. The van der Waals surface area contributed by atoms with Gasteiger partial charge in [0.25, 0.3) is 0 Å². The van der Waals surface area contributed by atoms with E-state index in [4.69, 9.17) is 16.7 Å². The molecule has 0 aliphatic heterocycles. The van der Waals surface area contributed by atoms with Gasteiger partial charge >= 0.3 is 0 Å². The molecular weight excluding hydrogens is 202 g/mol. The maximum atomic E-state index is 11.1. The lowest BCUT2D eigenvalue weighted by Gasteiger charge is -2.04. The van der Waals surface area contributed by atoms with Crippen molar-refractivity contribution in [1.29, 1.82) is 0 Å². The molecule has 14 heavy (non-hydrogen) atoms. The zero-order chi connectivity index (χ0) is 10.6. The number of benzene rings is 1. The minimum atomic E-state index is -0.165. The predicted octanol–water partition coefficient (Wildman–Crippen LogP) is 2.56. The number of amides is 1. The second-order valence-corrected chi connectivity index (χ2v) is 3.11. The molecular formula is C10H10ClNO2. The Kier molecular flexibility index (Phi) is 3.54. The summed E-state index contributed by atoms with van der Waals surface area (Å²) < 4.78 is 0. The predicted molar refractivity (Wildman–Crippen MR) is 56.6 cm³/mol. The number of phenols is 1. The highest BCUT2D eigenvalue weighted by molar-refractivity contribution is 6.32. The van der Waals surface area contributed by atoms with Crippen LogP contribution in [0.15, 0.2) is 30.9 Å². The molecule has 0 atom stereocenters. The van der Waals surface area contributed by atoms with E-state index in [1.807, 2.05) is 0 Å². The Bertz CT molecular complexity index is 363. The van der Waals surface area contributed by atoms with Crippen molar-refractivity contribution in [3.63, 3.8) is 0 Å². The van der Waals surface area contributed by atoms with Crippen LogP contribution in [0.1, 0.15) is 6.42 Å². The lowest BCUT2D eigenvalue weighted by atomic mass is 10.3. The Morgan fingerprint density at radius 1 is 1.64 bits per heavy atom. The molecule has 0 spiro atoms. The molecule has 2 N–H and O–H groups in total. The third kappa shape index (κ3) is 2.78. The number of phenolic OH excluding ortho intramolecular Hbond substituents is 1. The van der Waals surface area contributed by atoms with Crippen LogP contribution in [0.3, 0.4) is 0 Å². The molecule has 0 saturated carbocycles. The molecule has 0 aliphatic carbocycles. The van der Waals surface area contributed by atoms with Crippen LogP contribution in [0.4, 0.5) is 5.69 Å². The summed E-state index contributed by atoms with van der Waals surface area (Å²) in [5.74, 6) is -0.171. The molecule has 74 valence electrons. The van der Waals surface area contributed by atoms with Crippen LogP contribution < -0.4 is 5.32 Å². The number of carbonyl (C=O) groups excluding carboxylic acids is 1. The largest absolute Gasteiger partial charge is 0.506 e. The summed E-state index contributed by atoms with van der Waals surface area (Å²) in [4.78, 5) is 11.1. The van der Waals surface area contributed by atoms with Crippen molar-refractivity contribution < 1.29 is 9.90 Å². The number of hydrogen-bond acceptors (Lipinski definition) is 2. The first-order valence-corrected chi connectivity index (χ1v) is 4.40. The fourth-order valence-electron chi connectivity index (χ4n) is 0.928. The third-order valence-electron chi connectivity index (χ3n) is 1.56. The van der Waals surface area contributed by atoms with Gasteiger partial charge in [0.15, 0.2) is 0 Å². The molecule has 0 aromatic heterocycles. The van der Waals surface area contributed by atoms with Crippen molar-refractivity contribution in [2.45, 2.75) is 6.42 Å². The summed E-state index contributed by atoms with van der Waals surface area (Å²) >= 11 is 5.65. The van der Waals surface area contributed by atoms with E-state index < -0.39 is 0 Å². The van der Waals surface area contributed by atoms with Gasteiger partial charge in [0.1, 0.15) is 5.75 Å². The third-order valence-corrected chi connectivity index (χ3v) is 1.86. The minimum Gasteiger partial charge on any atom is -0.506 e. The second-order valence-electron chi connectivity index (χ2n) is 2.71. The van der Waals surface area contributed by atoms with Crippen molar-refractivity contribution in [1.82, 2.24) is 0 Å². The summed E-state index contributed by atoms with van der Waals surface area (Å²) in [5.41, 5.74) is 0.555. The molecule has 0 unspecified atom stereocenters. The zero-order valence-corrected chi connectivity index (χ0v) is 8.21. The number of halogens is 1. The number of hydrogen-bond donors (Lipinski definition) is 2. The molecule has 1 aromatic rings. The summed E-state index contributed by atoms with van der Waals surface area (Å²) in [7, 11) is 0. The molecule has 1 aromatic carbocycles. The molecule has 3 nitrogen and oxygen atoms in total. The Hall–Kier alpha value is -1.48. The van der Waals surface area contributed by atoms with Crippen molar-refractivity contribution >= 4 is 23.2 Å². The van der Waals surface area contributed by atoms with Crippen LogP contribution in [0.2, 0.25) is 5.02 Å². The highest BCUT2D eigenvalue weighted by atomic mass is 35.5. The highest BCUT2D eigenvalue weighted by Crippen LogP contribution is 2.25. The van der Waals surface area contributed by atoms with Gasteiger partial charge in [-0.15, -0.1) is 6.58 Å². The summed E-state index contributed by atoms with van der Waals surface area (Å²) in [6, 6.07) is 4.48. The quantitative estimate of drug-likeness (QED) is 0.596. The molecule has 4 heteroatoms. The van der Waals surface area contributed by atoms with Gasteiger partial charge in [-0.25, -0.2) is 0 Å². The van der Waals surface area contributed by atoms with E-state index in [-0.39, 0.29) is 23.1 Å². The Labute approximate surface area is 87.0 Å². The first-order valence-electron chi connectivity index (χ1n) is 4.02. The number of rotatable bonds is 3. The molecule has 0 saturated heterocycles. The maximum absolute atomic E-state index is 11.1. The van der Waals surface area contributed by atoms with Crippen molar-refractivity contribution in [3.05, 3.63) is 35.9 Å². The molecule has 0 bridgehead atoms. The van der Waals surface area contributed by atoms with Gasteiger partial charge in [0.2, 0.25) is 5.91 Å². The Morgan fingerprint density at radius 3 is 2.93 bits per heavy atom. The van der Waals surface area contributed by atoms with Crippen LogP contribution >= 0.6 is 11.6 Å². The van der Waals surface area contributed by atoms with Crippen molar-refractivity contribution in [3.8, 4) is 5.75 Å². The standard InChI is InChI=1S/C10H10ClNO2/c1-2-3-10(14)12-7-4-5-9(13)8(11)6-7/h2,4-6,13H,1,3H2,(H,12,14). The molecule has 1 rings (SSSR count). The monoisotopic (exact) mass is 211 g/mol.